The first-order chi connectivity index (χ1) is 10.0. The first-order valence-electron chi connectivity index (χ1n) is 6.44. The van der Waals surface area contributed by atoms with Crippen molar-refractivity contribution in [1.29, 1.82) is 0 Å². The molecular weight excluding hydrogens is 274 g/mol. The van der Waals surface area contributed by atoms with Gasteiger partial charge in [0.05, 0.1) is 0 Å². The first kappa shape index (κ1) is 14.7. The average molecular weight is 289 g/mol. The number of amides is 2. The summed E-state index contributed by atoms with van der Waals surface area (Å²) in [5, 5.41) is 11.4. The highest BCUT2D eigenvalue weighted by Gasteiger charge is 2.30. The van der Waals surface area contributed by atoms with Gasteiger partial charge in [0.1, 0.15) is 6.04 Å². The molecule has 0 spiro atoms. The molecule has 0 saturated carbocycles. The van der Waals surface area contributed by atoms with Gasteiger partial charge in [-0.1, -0.05) is 0 Å². The summed E-state index contributed by atoms with van der Waals surface area (Å²) in [4.78, 5) is 40.1. The van der Waals surface area contributed by atoms with E-state index >= 15 is 0 Å². The van der Waals surface area contributed by atoms with Gasteiger partial charge in [0, 0.05) is 42.7 Å². The number of carboxylic acids is 1. The fourth-order valence-corrected chi connectivity index (χ4v) is 2.11. The summed E-state index contributed by atoms with van der Waals surface area (Å²) in [7, 11) is 0. The SMILES string of the molecule is CC1C(=O)NCCN1C(=O)c1ccncc1C=CC(=O)O. The summed E-state index contributed by atoms with van der Waals surface area (Å²) in [6.45, 7) is 2.47. The third-order valence-electron chi connectivity index (χ3n) is 3.25. The van der Waals surface area contributed by atoms with Gasteiger partial charge < -0.3 is 15.3 Å². The van der Waals surface area contributed by atoms with Crippen LogP contribution in [0.5, 0.6) is 0 Å². The molecule has 1 fully saturated rings. The normalized spacial score (nSPS) is 18.6. The number of pyridine rings is 1. The standard InChI is InChI=1S/C14H15N3O4/c1-9-13(20)16-6-7-17(9)14(21)11-4-5-15-8-10(11)2-3-12(18)19/h2-5,8-9H,6-7H2,1H3,(H,16,20)(H,18,19). The first-order valence-corrected chi connectivity index (χ1v) is 6.44. The third-order valence-corrected chi connectivity index (χ3v) is 3.25. The van der Waals surface area contributed by atoms with Crippen LogP contribution in [0.15, 0.2) is 24.5 Å². The molecule has 0 radical (unpaired) electrons. The molecule has 1 unspecified atom stereocenters. The molecule has 1 aromatic heterocycles. The Labute approximate surface area is 121 Å². The van der Waals surface area contributed by atoms with E-state index in [4.69, 9.17) is 5.11 Å². The zero-order valence-corrected chi connectivity index (χ0v) is 11.4. The van der Waals surface area contributed by atoms with E-state index in [9.17, 15) is 14.4 Å². The van der Waals surface area contributed by atoms with Crippen LogP contribution in [0.25, 0.3) is 6.08 Å². The predicted octanol–water partition coefficient (Wildman–Crippen LogP) is 0.140. The number of aliphatic carboxylic acids is 1. The Balaban J connectivity index is 2.31. The van der Waals surface area contributed by atoms with Crippen molar-refractivity contribution < 1.29 is 19.5 Å². The summed E-state index contributed by atoms with van der Waals surface area (Å²) >= 11 is 0. The maximum Gasteiger partial charge on any atom is 0.328 e. The molecule has 0 bridgehead atoms. The number of hydrogen-bond donors (Lipinski definition) is 2. The van der Waals surface area contributed by atoms with Gasteiger partial charge in [-0.25, -0.2) is 4.79 Å². The second-order valence-corrected chi connectivity index (χ2v) is 4.60. The van der Waals surface area contributed by atoms with Crippen LogP contribution in [0.1, 0.15) is 22.8 Å². The van der Waals surface area contributed by atoms with E-state index in [0.717, 1.165) is 6.08 Å². The lowest BCUT2D eigenvalue weighted by atomic mass is 10.1. The monoisotopic (exact) mass is 289 g/mol. The van der Waals surface area contributed by atoms with Gasteiger partial charge in [0.25, 0.3) is 5.91 Å². The summed E-state index contributed by atoms with van der Waals surface area (Å²) in [5.74, 6) is -1.63. The Morgan fingerprint density at radius 1 is 1.52 bits per heavy atom. The molecule has 1 saturated heterocycles. The van der Waals surface area contributed by atoms with Crippen molar-refractivity contribution in [3.63, 3.8) is 0 Å². The molecule has 21 heavy (non-hydrogen) atoms. The van der Waals surface area contributed by atoms with Gasteiger partial charge in [-0.3, -0.25) is 14.6 Å². The van der Waals surface area contributed by atoms with Gasteiger partial charge in [0.15, 0.2) is 0 Å². The highest BCUT2D eigenvalue weighted by molar-refractivity contribution is 6.01. The molecule has 1 aromatic rings. The van der Waals surface area contributed by atoms with E-state index in [2.05, 4.69) is 10.3 Å². The minimum atomic E-state index is -1.11. The maximum absolute atomic E-state index is 12.6. The molecule has 2 N–H and O–H groups in total. The number of carbonyl (C=O) groups is 3. The number of carboxylic acid groups (broad SMARTS) is 1. The van der Waals surface area contributed by atoms with Crippen molar-refractivity contribution in [3.8, 4) is 0 Å². The molecule has 1 aliphatic heterocycles. The Morgan fingerprint density at radius 3 is 3.00 bits per heavy atom. The number of piperazine rings is 1. The average Bonchev–Trinajstić information content (AvgIpc) is 2.47. The Kier molecular flexibility index (Phi) is 4.32. The minimum Gasteiger partial charge on any atom is -0.478 e. The smallest absolute Gasteiger partial charge is 0.328 e. The van der Waals surface area contributed by atoms with Crippen molar-refractivity contribution in [3.05, 3.63) is 35.7 Å². The third kappa shape index (κ3) is 3.25. The summed E-state index contributed by atoms with van der Waals surface area (Å²) < 4.78 is 0. The molecule has 2 heterocycles. The van der Waals surface area contributed by atoms with Crippen molar-refractivity contribution in [2.24, 2.45) is 0 Å². The van der Waals surface area contributed by atoms with E-state index in [0.29, 0.717) is 24.2 Å². The van der Waals surface area contributed by atoms with Crippen LogP contribution >= 0.6 is 0 Å². The molecule has 2 rings (SSSR count). The molecule has 7 heteroatoms. The van der Waals surface area contributed by atoms with E-state index < -0.39 is 12.0 Å². The minimum absolute atomic E-state index is 0.203. The van der Waals surface area contributed by atoms with E-state index in [1.54, 1.807) is 6.92 Å². The number of hydrogen-bond acceptors (Lipinski definition) is 4. The molecule has 1 aliphatic rings. The molecule has 0 aromatic carbocycles. The van der Waals surface area contributed by atoms with Gasteiger partial charge in [-0.05, 0) is 19.1 Å². The quantitative estimate of drug-likeness (QED) is 0.771. The second-order valence-electron chi connectivity index (χ2n) is 4.60. The zero-order chi connectivity index (χ0) is 15.4. The summed E-state index contributed by atoms with van der Waals surface area (Å²) in [6.07, 6.45) is 5.14. The van der Waals surface area contributed by atoms with Gasteiger partial charge in [-0.15, -0.1) is 0 Å². The number of carbonyl (C=O) groups excluding carboxylic acids is 2. The van der Waals surface area contributed by atoms with Crippen LogP contribution in [-0.4, -0.2) is 51.9 Å². The topological polar surface area (TPSA) is 99.6 Å². The van der Waals surface area contributed by atoms with Crippen molar-refractivity contribution in [1.82, 2.24) is 15.2 Å². The van der Waals surface area contributed by atoms with Crippen LogP contribution in [0.4, 0.5) is 0 Å². The van der Waals surface area contributed by atoms with Crippen molar-refractivity contribution in [2.45, 2.75) is 13.0 Å². The lowest BCUT2D eigenvalue weighted by Crippen LogP contribution is -2.55. The largest absolute Gasteiger partial charge is 0.478 e. The number of rotatable bonds is 3. The van der Waals surface area contributed by atoms with E-state index in [1.807, 2.05) is 0 Å². The van der Waals surface area contributed by atoms with Crippen LogP contribution in [0.2, 0.25) is 0 Å². The lowest BCUT2D eigenvalue weighted by Gasteiger charge is -2.33. The fraction of sp³-hybridized carbons (Fsp3) is 0.286. The Bertz CT molecular complexity index is 612. The van der Waals surface area contributed by atoms with Gasteiger partial charge in [0.2, 0.25) is 5.91 Å². The fourth-order valence-electron chi connectivity index (χ4n) is 2.11. The van der Waals surface area contributed by atoms with Gasteiger partial charge >= 0.3 is 5.97 Å². The molecule has 2 amide bonds. The molecule has 7 nitrogen and oxygen atoms in total. The zero-order valence-electron chi connectivity index (χ0n) is 11.4. The molecule has 0 aliphatic carbocycles. The highest BCUT2D eigenvalue weighted by Crippen LogP contribution is 2.15. The van der Waals surface area contributed by atoms with E-state index in [-0.39, 0.29) is 11.8 Å². The van der Waals surface area contributed by atoms with Crippen LogP contribution in [-0.2, 0) is 9.59 Å². The Morgan fingerprint density at radius 2 is 2.29 bits per heavy atom. The predicted molar refractivity (Wildman–Crippen MR) is 74.4 cm³/mol. The number of aromatic nitrogens is 1. The van der Waals surface area contributed by atoms with Crippen LogP contribution in [0.3, 0.4) is 0 Å². The Hall–Kier alpha value is -2.70. The summed E-state index contributed by atoms with van der Waals surface area (Å²) in [5.41, 5.74) is 0.729. The lowest BCUT2D eigenvalue weighted by molar-refractivity contribution is -0.131. The number of nitrogens with one attached hydrogen (secondary N) is 1. The van der Waals surface area contributed by atoms with Crippen LogP contribution < -0.4 is 5.32 Å². The summed E-state index contributed by atoms with van der Waals surface area (Å²) in [6, 6.07) is 0.957. The highest BCUT2D eigenvalue weighted by atomic mass is 16.4. The van der Waals surface area contributed by atoms with Gasteiger partial charge in [-0.2, -0.15) is 0 Å². The number of nitrogens with zero attached hydrogens (tertiary/aromatic N) is 2. The van der Waals surface area contributed by atoms with E-state index in [1.165, 1.54) is 29.4 Å². The molecular formula is C14H15N3O4. The molecule has 110 valence electrons. The maximum atomic E-state index is 12.6. The second kappa shape index (κ2) is 6.17. The van der Waals surface area contributed by atoms with Crippen LogP contribution in [0, 0.1) is 0 Å². The van der Waals surface area contributed by atoms with Crippen molar-refractivity contribution >= 4 is 23.9 Å². The van der Waals surface area contributed by atoms with Crippen molar-refractivity contribution in [2.75, 3.05) is 13.1 Å². The molecule has 1 atom stereocenters.